The Morgan fingerprint density at radius 1 is 1.38 bits per heavy atom. The summed E-state index contributed by atoms with van der Waals surface area (Å²) >= 11 is 0. The molecule has 1 fully saturated rings. The summed E-state index contributed by atoms with van der Waals surface area (Å²) in [7, 11) is 5.37. The molecule has 1 aromatic carbocycles. The van der Waals surface area contributed by atoms with Crippen LogP contribution >= 0.6 is 24.0 Å². The quantitative estimate of drug-likeness (QED) is 0.390. The van der Waals surface area contributed by atoms with E-state index in [1.807, 2.05) is 25.2 Å². The van der Waals surface area contributed by atoms with Crippen molar-refractivity contribution in [1.82, 2.24) is 25.4 Å². The number of rotatable bonds is 5. The monoisotopic (exact) mass is 471 g/mol. The number of halogens is 1. The minimum atomic E-state index is 0. The second kappa shape index (κ2) is 9.60. The van der Waals surface area contributed by atoms with E-state index in [9.17, 15) is 0 Å². The number of aromatic nitrogens is 3. The van der Waals surface area contributed by atoms with E-state index in [0.717, 1.165) is 42.7 Å². The van der Waals surface area contributed by atoms with Gasteiger partial charge in [0.25, 0.3) is 0 Å². The van der Waals surface area contributed by atoms with Gasteiger partial charge in [0.1, 0.15) is 17.9 Å². The molecule has 1 atom stereocenters. The van der Waals surface area contributed by atoms with E-state index in [1.54, 1.807) is 25.2 Å². The summed E-state index contributed by atoms with van der Waals surface area (Å²) in [6.07, 6.45) is 2.60. The molecule has 9 heteroatoms. The van der Waals surface area contributed by atoms with Crippen molar-refractivity contribution >= 4 is 35.6 Å². The topological polar surface area (TPSA) is 79.6 Å². The molecule has 0 bridgehead atoms. The van der Waals surface area contributed by atoms with Gasteiger partial charge < -0.3 is 20.3 Å². The smallest absolute Gasteiger partial charge is 0.191 e. The Balaban J connectivity index is 0.00000243. The first-order valence-corrected chi connectivity index (χ1v) is 8.39. The lowest BCUT2D eigenvalue weighted by Gasteiger charge is -2.22. The molecule has 1 saturated heterocycles. The van der Waals surface area contributed by atoms with E-state index >= 15 is 0 Å². The number of hydrogen-bond acceptors (Lipinski definition) is 5. The van der Waals surface area contributed by atoms with Crippen LogP contribution in [-0.2, 0) is 13.6 Å². The van der Waals surface area contributed by atoms with Crippen molar-refractivity contribution < 1.29 is 4.74 Å². The van der Waals surface area contributed by atoms with E-state index in [2.05, 4.69) is 36.7 Å². The molecule has 0 saturated carbocycles. The van der Waals surface area contributed by atoms with Crippen LogP contribution < -0.4 is 20.3 Å². The average Bonchev–Trinajstić information content (AvgIpc) is 3.27. The Labute approximate surface area is 171 Å². The summed E-state index contributed by atoms with van der Waals surface area (Å²) in [5.41, 5.74) is 1.14. The normalized spacial score (nSPS) is 17.0. The number of ether oxygens (including phenoxy) is 1. The maximum Gasteiger partial charge on any atom is 0.191 e. The van der Waals surface area contributed by atoms with E-state index < -0.39 is 0 Å². The van der Waals surface area contributed by atoms with Gasteiger partial charge in [0.05, 0.1) is 19.3 Å². The third kappa shape index (κ3) is 4.77. The Morgan fingerprint density at radius 3 is 2.88 bits per heavy atom. The molecule has 8 nitrogen and oxygen atoms in total. The number of guanidine groups is 1. The number of anilines is 1. The number of benzene rings is 1. The average molecular weight is 471 g/mol. The zero-order valence-corrected chi connectivity index (χ0v) is 17.7. The van der Waals surface area contributed by atoms with Gasteiger partial charge in [0, 0.05) is 33.2 Å². The molecular weight excluding hydrogens is 445 g/mol. The largest absolute Gasteiger partial charge is 0.495 e. The fourth-order valence-electron chi connectivity index (χ4n) is 3.02. The van der Waals surface area contributed by atoms with Crippen molar-refractivity contribution in [1.29, 1.82) is 0 Å². The van der Waals surface area contributed by atoms with E-state index in [1.165, 1.54) is 0 Å². The summed E-state index contributed by atoms with van der Waals surface area (Å²) in [6.45, 7) is 2.47. The molecule has 0 radical (unpaired) electrons. The molecular formula is C17H26IN7O. The lowest BCUT2D eigenvalue weighted by Crippen LogP contribution is -2.44. The standard InChI is InChI=1S/C17H25N7O.HI/c1-18-17(19-10-16-20-12-21-23(16)2)22-13-8-9-24(11-13)14-6-4-5-7-15(14)25-3;/h4-7,12-13H,8-11H2,1-3H3,(H2,18,19,22);1H. The molecule has 2 aromatic rings. The molecule has 3 rings (SSSR count). The number of nitrogens with zero attached hydrogens (tertiary/aromatic N) is 5. The van der Waals surface area contributed by atoms with Gasteiger partial charge in [-0.05, 0) is 18.6 Å². The molecule has 0 amide bonds. The van der Waals surface area contributed by atoms with Crippen molar-refractivity contribution in [2.24, 2.45) is 12.0 Å². The van der Waals surface area contributed by atoms with Gasteiger partial charge >= 0.3 is 0 Å². The van der Waals surface area contributed by atoms with Crippen LogP contribution in [0.25, 0.3) is 0 Å². The molecule has 142 valence electrons. The van der Waals surface area contributed by atoms with Crippen molar-refractivity contribution in [3.05, 3.63) is 36.4 Å². The lowest BCUT2D eigenvalue weighted by molar-refractivity contribution is 0.415. The number of hydrogen-bond donors (Lipinski definition) is 2. The summed E-state index contributed by atoms with van der Waals surface area (Å²) in [5, 5.41) is 10.8. The molecule has 1 aliphatic heterocycles. The van der Waals surface area contributed by atoms with Crippen molar-refractivity contribution in [3.8, 4) is 5.75 Å². The minimum absolute atomic E-state index is 0. The van der Waals surface area contributed by atoms with Gasteiger partial charge in [-0.3, -0.25) is 9.67 Å². The van der Waals surface area contributed by atoms with Crippen LogP contribution in [0.15, 0.2) is 35.6 Å². The molecule has 1 aromatic heterocycles. The van der Waals surface area contributed by atoms with Gasteiger partial charge in [-0.15, -0.1) is 24.0 Å². The number of nitrogens with one attached hydrogen (secondary N) is 2. The van der Waals surface area contributed by atoms with E-state index in [4.69, 9.17) is 4.74 Å². The first-order chi connectivity index (χ1) is 12.2. The molecule has 26 heavy (non-hydrogen) atoms. The molecule has 1 aliphatic rings. The predicted molar refractivity (Wildman–Crippen MR) is 113 cm³/mol. The van der Waals surface area contributed by atoms with Gasteiger partial charge in [-0.25, -0.2) is 4.98 Å². The molecule has 2 heterocycles. The number of aliphatic imine (C=N–C) groups is 1. The Morgan fingerprint density at radius 2 is 2.19 bits per heavy atom. The molecule has 0 aliphatic carbocycles. The fourth-order valence-corrected chi connectivity index (χ4v) is 3.02. The summed E-state index contributed by atoms with van der Waals surface area (Å²) in [4.78, 5) is 10.9. The SMILES string of the molecule is CN=C(NCc1ncnn1C)NC1CCN(c2ccccc2OC)C1.I. The lowest BCUT2D eigenvalue weighted by atomic mass is 10.2. The highest BCUT2D eigenvalue weighted by Crippen LogP contribution is 2.30. The third-order valence-electron chi connectivity index (χ3n) is 4.40. The van der Waals surface area contributed by atoms with Gasteiger partial charge in [0.2, 0.25) is 0 Å². The Hall–Kier alpha value is -2.04. The number of para-hydroxylation sites is 2. The third-order valence-corrected chi connectivity index (χ3v) is 4.40. The number of methoxy groups -OCH3 is 1. The van der Waals surface area contributed by atoms with Gasteiger partial charge in [-0.2, -0.15) is 5.10 Å². The second-order valence-corrected chi connectivity index (χ2v) is 5.97. The maximum absolute atomic E-state index is 5.47. The van der Waals surface area contributed by atoms with Crippen molar-refractivity contribution in [2.45, 2.75) is 19.0 Å². The minimum Gasteiger partial charge on any atom is -0.495 e. The van der Waals surface area contributed by atoms with Crippen LogP contribution in [0.1, 0.15) is 12.2 Å². The zero-order valence-electron chi connectivity index (χ0n) is 15.3. The van der Waals surface area contributed by atoms with Crippen LogP contribution in [0.3, 0.4) is 0 Å². The summed E-state index contributed by atoms with van der Waals surface area (Å²) in [5.74, 6) is 2.55. The van der Waals surface area contributed by atoms with Gasteiger partial charge in [0.15, 0.2) is 5.96 Å². The second-order valence-electron chi connectivity index (χ2n) is 5.97. The van der Waals surface area contributed by atoms with Crippen LogP contribution in [-0.4, -0.2) is 54.0 Å². The van der Waals surface area contributed by atoms with Crippen LogP contribution in [0.5, 0.6) is 5.75 Å². The van der Waals surface area contributed by atoms with Crippen LogP contribution in [0, 0.1) is 0 Å². The number of aryl methyl sites for hydroxylation is 1. The first kappa shape index (κ1) is 20.3. The fraction of sp³-hybridized carbons (Fsp3) is 0.471. The van der Waals surface area contributed by atoms with Gasteiger partial charge in [-0.1, -0.05) is 12.1 Å². The Bertz CT molecular complexity index is 733. The van der Waals surface area contributed by atoms with E-state index in [0.29, 0.717) is 12.6 Å². The highest BCUT2D eigenvalue weighted by atomic mass is 127. The highest BCUT2D eigenvalue weighted by molar-refractivity contribution is 14.0. The van der Waals surface area contributed by atoms with E-state index in [-0.39, 0.29) is 24.0 Å². The predicted octanol–water partition coefficient (Wildman–Crippen LogP) is 1.39. The highest BCUT2D eigenvalue weighted by Gasteiger charge is 2.25. The zero-order chi connectivity index (χ0) is 17.6. The van der Waals surface area contributed by atoms with Crippen molar-refractivity contribution in [2.75, 3.05) is 32.1 Å². The molecule has 0 spiro atoms. The van der Waals surface area contributed by atoms with Crippen LogP contribution in [0.2, 0.25) is 0 Å². The van der Waals surface area contributed by atoms with Crippen LogP contribution in [0.4, 0.5) is 5.69 Å². The first-order valence-electron chi connectivity index (χ1n) is 8.39. The van der Waals surface area contributed by atoms with Crippen molar-refractivity contribution in [3.63, 3.8) is 0 Å². The maximum atomic E-state index is 5.47. The summed E-state index contributed by atoms with van der Waals surface area (Å²) < 4.78 is 7.22. The Kier molecular flexibility index (Phi) is 7.49. The molecule has 1 unspecified atom stereocenters. The summed E-state index contributed by atoms with van der Waals surface area (Å²) in [6, 6.07) is 8.46. The molecule has 2 N–H and O–H groups in total.